The number of rotatable bonds is 2. The van der Waals surface area contributed by atoms with Crippen molar-refractivity contribution in [1.82, 2.24) is 20.0 Å². The second kappa shape index (κ2) is 3.78. The van der Waals surface area contributed by atoms with Crippen LogP contribution in [0.3, 0.4) is 0 Å². The summed E-state index contributed by atoms with van der Waals surface area (Å²) in [4.78, 5) is 0. The lowest BCUT2D eigenvalue weighted by atomic mass is 10.1. The highest BCUT2D eigenvalue weighted by Gasteiger charge is 2.07. The van der Waals surface area contributed by atoms with E-state index in [4.69, 9.17) is 0 Å². The Kier molecular flexibility index (Phi) is 2.64. The number of nitrogens with zero attached hydrogens (tertiary/aromatic N) is 4. The monoisotopic (exact) mass is 272 g/mol. The lowest BCUT2D eigenvalue weighted by Crippen LogP contribution is -1.96. The first-order chi connectivity index (χ1) is 6.66. The Morgan fingerprint density at radius 2 is 2.21 bits per heavy atom. The third-order valence-corrected chi connectivity index (χ3v) is 3.13. The van der Waals surface area contributed by atoms with Crippen molar-refractivity contribution in [3.8, 4) is 5.13 Å². The maximum atomic E-state index is 4.40. The van der Waals surface area contributed by atoms with Gasteiger partial charge in [-0.3, -0.25) is 0 Å². The number of hydrogen-bond acceptors (Lipinski definition) is 4. The van der Waals surface area contributed by atoms with E-state index in [1.807, 2.05) is 12.3 Å². The molecular weight excluding hydrogens is 264 g/mol. The molecule has 0 amide bonds. The van der Waals surface area contributed by atoms with Crippen molar-refractivity contribution >= 4 is 27.3 Å². The summed E-state index contributed by atoms with van der Waals surface area (Å²) in [6.07, 6.45) is 1.91. The summed E-state index contributed by atoms with van der Waals surface area (Å²) in [5.41, 5.74) is 1.07. The van der Waals surface area contributed by atoms with Crippen molar-refractivity contribution in [2.24, 2.45) is 0 Å². The number of hydrogen-bond donors (Lipinski definition) is 0. The average molecular weight is 273 g/mol. The molecular formula is C8H9BrN4S. The van der Waals surface area contributed by atoms with Gasteiger partial charge in [-0.15, -0.1) is 10.2 Å². The summed E-state index contributed by atoms with van der Waals surface area (Å²) in [6.45, 7) is 4.23. The molecule has 0 aliphatic carbocycles. The Morgan fingerprint density at radius 3 is 2.71 bits per heavy atom. The summed E-state index contributed by atoms with van der Waals surface area (Å²) in [5, 5.41) is 13.0. The predicted octanol–water partition coefficient (Wildman–Crippen LogP) is 2.61. The third-order valence-electron chi connectivity index (χ3n) is 1.79. The molecule has 0 saturated carbocycles. The molecule has 0 radical (unpaired) electrons. The smallest absolute Gasteiger partial charge is 0.212 e. The van der Waals surface area contributed by atoms with Gasteiger partial charge in [0.05, 0.1) is 5.69 Å². The molecule has 2 aromatic rings. The van der Waals surface area contributed by atoms with Crippen LogP contribution in [0.2, 0.25) is 0 Å². The first-order valence-corrected chi connectivity index (χ1v) is 5.82. The first-order valence-electron chi connectivity index (χ1n) is 4.22. The summed E-state index contributed by atoms with van der Waals surface area (Å²) < 4.78 is 2.52. The molecule has 0 aliphatic heterocycles. The Labute approximate surface area is 94.1 Å². The summed E-state index contributed by atoms with van der Waals surface area (Å²) in [7, 11) is 0. The van der Waals surface area contributed by atoms with Gasteiger partial charge < -0.3 is 0 Å². The first kappa shape index (κ1) is 9.79. The highest BCUT2D eigenvalue weighted by atomic mass is 79.9. The maximum Gasteiger partial charge on any atom is 0.233 e. The second-order valence-corrected chi connectivity index (χ2v) is 5.41. The molecule has 14 heavy (non-hydrogen) atoms. The zero-order valence-corrected chi connectivity index (χ0v) is 10.2. The van der Waals surface area contributed by atoms with Crippen molar-refractivity contribution in [2.45, 2.75) is 19.8 Å². The van der Waals surface area contributed by atoms with Crippen LogP contribution in [0.5, 0.6) is 0 Å². The SMILES string of the molecule is CC(C)c1ccn(-c2nnc(Br)s2)n1. The van der Waals surface area contributed by atoms with E-state index in [0.717, 1.165) is 14.7 Å². The molecule has 0 spiro atoms. The Balaban J connectivity index is 2.33. The molecule has 2 rings (SSSR count). The molecule has 0 unspecified atom stereocenters. The molecule has 0 saturated heterocycles. The molecule has 6 heteroatoms. The van der Waals surface area contributed by atoms with Crippen molar-refractivity contribution in [3.05, 3.63) is 21.9 Å². The van der Waals surface area contributed by atoms with Gasteiger partial charge in [0.1, 0.15) is 0 Å². The van der Waals surface area contributed by atoms with E-state index < -0.39 is 0 Å². The Bertz CT molecular complexity index is 434. The Morgan fingerprint density at radius 1 is 1.43 bits per heavy atom. The quantitative estimate of drug-likeness (QED) is 0.844. The largest absolute Gasteiger partial charge is 0.233 e. The van der Waals surface area contributed by atoms with Crippen LogP contribution in [0.15, 0.2) is 16.2 Å². The third kappa shape index (κ3) is 1.85. The van der Waals surface area contributed by atoms with Gasteiger partial charge in [0.15, 0.2) is 3.92 Å². The zero-order chi connectivity index (χ0) is 10.1. The molecule has 0 aliphatic rings. The van der Waals surface area contributed by atoms with E-state index >= 15 is 0 Å². The van der Waals surface area contributed by atoms with Gasteiger partial charge in [-0.1, -0.05) is 25.2 Å². The molecule has 4 nitrogen and oxygen atoms in total. The van der Waals surface area contributed by atoms with Crippen LogP contribution in [0.4, 0.5) is 0 Å². The summed E-state index contributed by atoms with van der Waals surface area (Å²) >= 11 is 4.73. The van der Waals surface area contributed by atoms with E-state index in [2.05, 4.69) is 45.1 Å². The van der Waals surface area contributed by atoms with Crippen LogP contribution < -0.4 is 0 Å². The van der Waals surface area contributed by atoms with E-state index in [9.17, 15) is 0 Å². The maximum absolute atomic E-state index is 4.40. The number of aromatic nitrogens is 4. The molecule has 2 heterocycles. The summed E-state index contributed by atoms with van der Waals surface area (Å²) in [6, 6.07) is 2.00. The van der Waals surface area contributed by atoms with Crippen LogP contribution in [-0.2, 0) is 0 Å². The number of halogens is 1. The van der Waals surface area contributed by atoms with E-state index in [0.29, 0.717) is 5.92 Å². The van der Waals surface area contributed by atoms with Crippen molar-refractivity contribution in [2.75, 3.05) is 0 Å². The van der Waals surface area contributed by atoms with Gasteiger partial charge in [0.2, 0.25) is 5.13 Å². The predicted molar refractivity (Wildman–Crippen MR) is 58.8 cm³/mol. The fourth-order valence-electron chi connectivity index (χ4n) is 1.04. The highest BCUT2D eigenvalue weighted by Crippen LogP contribution is 2.20. The topological polar surface area (TPSA) is 43.6 Å². The van der Waals surface area contributed by atoms with Crippen LogP contribution in [0.25, 0.3) is 5.13 Å². The van der Waals surface area contributed by atoms with E-state index in [1.54, 1.807) is 4.68 Å². The fourth-order valence-corrected chi connectivity index (χ4v) is 2.07. The van der Waals surface area contributed by atoms with Crippen LogP contribution in [0, 0.1) is 0 Å². The highest BCUT2D eigenvalue weighted by molar-refractivity contribution is 9.11. The van der Waals surface area contributed by atoms with Gasteiger partial charge in [-0.2, -0.15) is 5.10 Å². The van der Waals surface area contributed by atoms with Gasteiger partial charge >= 0.3 is 0 Å². The van der Waals surface area contributed by atoms with Gasteiger partial charge in [0.25, 0.3) is 0 Å². The molecule has 0 aromatic carbocycles. The molecule has 0 fully saturated rings. The zero-order valence-electron chi connectivity index (χ0n) is 7.81. The van der Waals surface area contributed by atoms with Crippen LogP contribution in [-0.4, -0.2) is 20.0 Å². The average Bonchev–Trinajstić information content (AvgIpc) is 2.70. The van der Waals surface area contributed by atoms with E-state index in [-0.39, 0.29) is 0 Å². The van der Waals surface area contributed by atoms with Crippen molar-refractivity contribution in [3.63, 3.8) is 0 Å². The molecule has 2 aromatic heterocycles. The fraction of sp³-hybridized carbons (Fsp3) is 0.375. The van der Waals surface area contributed by atoms with Gasteiger partial charge in [-0.05, 0) is 27.9 Å². The van der Waals surface area contributed by atoms with Gasteiger partial charge in [-0.25, -0.2) is 4.68 Å². The normalized spacial score (nSPS) is 11.1. The van der Waals surface area contributed by atoms with E-state index in [1.165, 1.54) is 11.3 Å². The molecule has 0 bridgehead atoms. The standard InChI is InChI=1S/C8H9BrN4S/c1-5(2)6-3-4-13(12-6)8-11-10-7(9)14-8/h3-5H,1-2H3. The van der Waals surface area contributed by atoms with Crippen LogP contribution >= 0.6 is 27.3 Å². The molecule has 74 valence electrons. The lowest BCUT2D eigenvalue weighted by molar-refractivity contribution is 0.759. The summed E-state index contributed by atoms with van der Waals surface area (Å²) in [5.74, 6) is 0.438. The molecule has 0 N–H and O–H groups in total. The molecule has 0 atom stereocenters. The minimum atomic E-state index is 0.438. The van der Waals surface area contributed by atoms with Gasteiger partial charge in [0, 0.05) is 6.20 Å². The minimum absolute atomic E-state index is 0.438. The Hall–Kier alpha value is -0.750. The van der Waals surface area contributed by atoms with Crippen molar-refractivity contribution < 1.29 is 0 Å². The lowest BCUT2D eigenvalue weighted by Gasteiger charge is -1.97. The minimum Gasteiger partial charge on any atom is -0.212 e. The van der Waals surface area contributed by atoms with Crippen molar-refractivity contribution in [1.29, 1.82) is 0 Å². The van der Waals surface area contributed by atoms with Crippen LogP contribution in [0.1, 0.15) is 25.5 Å². The second-order valence-electron chi connectivity index (χ2n) is 3.18.